The van der Waals surface area contributed by atoms with E-state index in [-0.39, 0.29) is 68.1 Å². The molecule has 0 aliphatic heterocycles. The maximum absolute atomic E-state index is 14.1. The van der Waals surface area contributed by atoms with Crippen molar-refractivity contribution in [2.45, 2.75) is 26.0 Å². The number of carbonyl (C=O) groups excluding carboxylic acids is 1. The van der Waals surface area contributed by atoms with Crippen molar-refractivity contribution in [1.29, 1.82) is 0 Å². The fourth-order valence-corrected chi connectivity index (χ4v) is 10.8. The van der Waals surface area contributed by atoms with Crippen LogP contribution in [-0.2, 0) is 63.6 Å². The first-order valence-corrected chi connectivity index (χ1v) is 25.6. The molecule has 6 rings (SSSR count). The number of phenols is 2. The number of rotatable bonds is 19. The van der Waals surface area contributed by atoms with Gasteiger partial charge in [0.15, 0.2) is 5.71 Å². The van der Waals surface area contributed by atoms with Crippen molar-refractivity contribution >= 4 is 104 Å². The van der Waals surface area contributed by atoms with Crippen molar-refractivity contribution in [3.05, 3.63) is 124 Å². The van der Waals surface area contributed by atoms with Gasteiger partial charge in [-0.2, -0.15) is 27.1 Å². The molecule has 69 heavy (non-hydrogen) atoms. The van der Waals surface area contributed by atoms with Gasteiger partial charge in [0.25, 0.3) is 30.3 Å². The third-order valence-corrected chi connectivity index (χ3v) is 15.1. The van der Waals surface area contributed by atoms with Crippen LogP contribution >= 0.6 is 24.1 Å². The van der Waals surface area contributed by atoms with Gasteiger partial charge in [0.1, 0.15) is 38.4 Å². The molecule has 364 valence electrons. The zero-order valence-electron chi connectivity index (χ0n) is 33.9. The molecule has 33 heteroatoms. The molecule has 0 bridgehead atoms. The van der Waals surface area contributed by atoms with Crippen LogP contribution < -0.4 is 15.9 Å². The molecule has 4 aromatic carbocycles. The molecular formula is C36H30N8O19S6. The van der Waals surface area contributed by atoms with Gasteiger partial charge in [0.05, 0.1) is 55.8 Å². The Bertz CT molecular complexity index is 3380. The number of azo groups is 2. The van der Waals surface area contributed by atoms with Crippen LogP contribution in [0.5, 0.6) is 11.5 Å². The molecule has 0 saturated carbocycles. The van der Waals surface area contributed by atoms with E-state index in [1.807, 2.05) is 0 Å². The predicted molar refractivity (Wildman–Crippen MR) is 241 cm³/mol. The lowest BCUT2D eigenvalue weighted by atomic mass is 9.80. The summed E-state index contributed by atoms with van der Waals surface area (Å²) in [4.78, 5) is 10.3. The number of benzene rings is 4. The summed E-state index contributed by atoms with van der Waals surface area (Å²) in [5, 5.41) is 63.7. The molecule has 0 spiro atoms. The number of allylic oxidation sites excluding steroid dienone is 4. The SMILES string of the molecule is C=CS(=O)(=O)c1cc(N=NC2=C(SOOO)CC3C=C(S(=O)(=O)O)C(=NNc4ccc(S(=O)(=O)Nc5ccc(N=Nc6ccc(O)cc6O)cc5)cc4)C(=O)C3=C2N)c(S(=O)(=O)O)cc1SOOO. The number of anilines is 2. The Labute approximate surface area is 397 Å². The summed E-state index contributed by atoms with van der Waals surface area (Å²) in [6.45, 7) is 3.18. The Morgan fingerprint density at radius 1 is 0.754 bits per heavy atom. The number of sulfonamides is 1. The third kappa shape index (κ3) is 12.2. The fraction of sp³-hybridized carbons (Fsp3) is 0.0556. The second kappa shape index (κ2) is 21.1. The highest BCUT2D eigenvalue weighted by atomic mass is 32.2. The third-order valence-electron chi connectivity index (χ3n) is 9.13. The van der Waals surface area contributed by atoms with Gasteiger partial charge < -0.3 is 15.9 Å². The fourth-order valence-electron chi connectivity index (χ4n) is 6.06. The van der Waals surface area contributed by atoms with E-state index in [0.29, 0.717) is 17.5 Å². The van der Waals surface area contributed by atoms with Crippen LogP contribution in [-0.4, -0.2) is 75.0 Å². The van der Waals surface area contributed by atoms with Crippen LogP contribution in [0.15, 0.2) is 169 Å². The first kappa shape index (κ1) is 51.9. The lowest BCUT2D eigenvalue weighted by molar-refractivity contribution is -0.432. The Morgan fingerprint density at radius 2 is 1.39 bits per heavy atom. The number of Topliss-reactive ketones (excluding diaryl/α,β-unsaturated/α-hetero) is 1. The summed E-state index contributed by atoms with van der Waals surface area (Å²) in [5.41, 5.74) is 5.91. The van der Waals surface area contributed by atoms with Crippen LogP contribution in [0, 0.1) is 5.92 Å². The summed E-state index contributed by atoms with van der Waals surface area (Å²) in [6, 6.07) is 15.1. The molecule has 0 fully saturated rings. The van der Waals surface area contributed by atoms with Crippen LogP contribution in [0.4, 0.5) is 28.4 Å². The number of sulfone groups is 1. The van der Waals surface area contributed by atoms with E-state index in [1.165, 1.54) is 48.5 Å². The molecule has 2 aliphatic rings. The molecule has 0 heterocycles. The summed E-state index contributed by atoms with van der Waals surface area (Å²) < 4.78 is 134. The number of nitrogens with zero attached hydrogens (tertiary/aromatic N) is 5. The number of hydrogen-bond acceptors (Lipinski definition) is 26. The summed E-state index contributed by atoms with van der Waals surface area (Å²) in [6.07, 6.45) is 0.424. The minimum atomic E-state index is -5.27. The molecule has 1 atom stereocenters. The van der Waals surface area contributed by atoms with E-state index in [9.17, 15) is 57.8 Å². The minimum absolute atomic E-state index is 0.00287. The number of aromatic hydroxyl groups is 2. The van der Waals surface area contributed by atoms with Crippen LogP contribution in [0.2, 0.25) is 0 Å². The Kier molecular flexibility index (Phi) is 15.8. The van der Waals surface area contributed by atoms with Gasteiger partial charge in [-0.3, -0.25) is 24.0 Å². The van der Waals surface area contributed by atoms with E-state index >= 15 is 0 Å². The number of hydrazone groups is 1. The van der Waals surface area contributed by atoms with Crippen molar-refractivity contribution in [2.24, 2.45) is 37.2 Å². The summed E-state index contributed by atoms with van der Waals surface area (Å²) in [5.74, 6) is -3.03. The van der Waals surface area contributed by atoms with Gasteiger partial charge in [-0.15, -0.1) is 24.0 Å². The second-order valence-corrected chi connectivity index (χ2v) is 21.3. The highest BCUT2D eigenvalue weighted by Gasteiger charge is 2.42. The maximum Gasteiger partial charge on any atom is 0.296 e. The zero-order valence-corrected chi connectivity index (χ0v) is 38.8. The first-order valence-electron chi connectivity index (χ1n) is 18.2. The normalized spacial score (nSPS) is 16.6. The minimum Gasteiger partial charge on any atom is -0.508 e. The predicted octanol–water partition coefficient (Wildman–Crippen LogP) is 6.33. The summed E-state index contributed by atoms with van der Waals surface area (Å²) >= 11 is 0.202. The standard InChI is InChI=1S/C36H30N8O19S6/c1-2-66(50,51)30-16-25(29(68(54,55)56)17-27(30)64-62-60-48)41-42-34-28(65-63-61-49)13-18-14-31(69(57,58)59)35(36(47)32(18)33(34)37)43-39-20-7-10-23(11-8-20)67(52,53)44-21-5-3-19(4-6-21)38-40-24-12-9-22(45)15-26(24)46/h2-12,14-18,39,44-46,48-49H,1,13,37H2,(H,54,55,56)(H,57,58,59). The van der Waals surface area contributed by atoms with E-state index in [1.54, 1.807) is 0 Å². The van der Waals surface area contributed by atoms with E-state index < -0.39 is 106 Å². The summed E-state index contributed by atoms with van der Waals surface area (Å²) in [7, 11) is -19.2. The number of carbonyl (C=O) groups is 1. The number of phenolic OH excluding ortho intramolecular Hbond substituents is 2. The van der Waals surface area contributed by atoms with Crippen LogP contribution in [0.3, 0.4) is 0 Å². The zero-order chi connectivity index (χ0) is 50.5. The van der Waals surface area contributed by atoms with Gasteiger partial charge in [-0.1, -0.05) is 22.7 Å². The Morgan fingerprint density at radius 3 is 2.00 bits per heavy atom. The lowest BCUT2D eigenvalue weighted by Gasteiger charge is -2.29. The van der Waals surface area contributed by atoms with Crippen LogP contribution in [0.1, 0.15) is 6.42 Å². The molecule has 0 radical (unpaired) electrons. The smallest absolute Gasteiger partial charge is 0.296 e. The van der Waals surface area contributed by atoms with E-state index in [2.05, 4.69) is 61.0 Å². The van der Waals surface area contributed by atoms with E-state index in [4.69, 9.17) is 16.2 Å². The molecule has 0 amide bonds. The number of fused-ring (bicyclic) bond motifs is 1. The van der Waals surface area contributed by atoms with Crippen molar-refractivity contribution < 1.29 is 87.0 Å². The number of nitrogens with two attached hydrogens (primary N) is 1. The average Bonchev–Trinajstić information content (AvgIpc) is 3.29. The van der Waals surface area contributed by atoms with E-state index in [0.717, 1.165) is 24.3 Å². The molecule has 0 saturated heterocycles. The van der Waals surface area contributed by atoms with Gasteiger partial charge in [0.2, 0.25) is 15.6 Å². The van der Waals surface area contributed by atoms with Crippen molar-refractivity contribution in [3.8, 4) is 11.5 Å². The maximum atomic E-state index is 14.1. The first-order chi connectivity index (χ1) is 32.5. The Hall–Kier alpha value is -6.44. The molecule has 4 aromatic rings. The average molecular weight is 1070 g/mol. The second-order valence-electron chi connectivity index (χ2n) is 13.5. The van der Waals surface area contributed by atoms with Gasteiger partial charge >= 0.3 is 0 Å². The number of hydrogen-bond donors (Lipinski definition) is 9. The topological polar surface area (TPSA) is 424 Å². The van der Waals surface area contributed by atoms with Crippen LogP contribution in [0.25, 0.3) is 0 Å². The van der Waals surface area contributed by atoms with Crippen molar-refractivity contribution in [2.75, 3.05) is 10.1 Å². The molecule has 2 aliphatic carbocycles. The molecule has 27 nitrogen and oxygen atoms in total. The monoisotopic (exact) mass is 1070 g/mol. The molecule has 1 unspecified atom stereocenters. The lowest BCUT2D eigenvalue weighted by Crippen LogP contribution is -2.35. The van der Waals surface area contributed by atoms with Gasteiger partial charge in [-0.25, -0.2) is 27.4 Å². The quantitative estimate of drug-likeness (QED) is 0.0163. The molecular weight excluding hydrogens is 1040 g/mol. The van der Waals surface area contributed by atoms with Gasteiger partial charge in [-0.05, 0) is 79.2 Å². The number of nitrogens with one attached hydrogen (secondary N) is 2. The molecule has 0 aromatic heterocycles. The number of ketones is 1. The van der Waals surface area contributed by atoms with Crippen molar-refractivity contribution in [1.82, 2.24) is 0 Å². The highest BCUT2D eigenvalue weighted by molar-refractivity contribution is 7.98. The largest absolute Gasteiger partial charge is 0.508 e. The van der Waals surface area contributed by atoms with Crippen molar-refractivity contribution in [3.63, 3.8) is 0 Å². The highest BCUT2D eigenvalue weighted by Crippen LogP contribution is 2.45. The molecule has 10 N–H and O–H groups in total. The van der Waals surface area contributed by atoms with Gasteiger partial charge in [0, 0.05) is 33.6 Å². The Balaban J connectivity index is 1.29.